The first-order valence-electron chi connectivity index (χ1n) is 8.04. The van der Waals surface area contributed by atoms with Crippen molar-refractivity contribution >= 4 is 21.8 Å². The summed E-state index contributed by atoms with van der Waals surface area (Å²) in [4.78, 5) is 14.2. The minimum atomic E-state index is 0.0400. The van der Waals surface area contributed by atoms with Crippen molar-refractivity contribution in [3.63, 3.8) is 0 Å². The first-order valence-corrected chi connectivity index (χ1v) is 8.84. The van der Waals surface area contributed by atoms with E-state index < -0.39 is 0 Å². The van der Waals surface area contributed by atoms with E-state index in [0.29, 0.717) is 30.8 Å². The Bertz CT molecular complexity index is 700. The van der Waals surface area contributed by atoms with E-state index in [1.165, 1.54) is 0 Å². The molecule has 124 valence electrons. The molecular formula is C20H20BrNO2. The summed E-state index contributed by atoms with van der Waals surface area (Å²) in [5.74, 6) is 0.239. The van der Waals surface area contributed by atoms with Crippen molar-refractivity contribution in [2.45, 2.75) is 13.2 Å². The Hall–Kier alpha value is -1.91. The fourth-order valence-corrected chi connectivity index (χ4v) is 3.42. The molecule has 0 aromatic heterocycles. The van der Waals surface area contributed by atoms with Crippen LogP contribution < -0.4 is 0 Å². The third-order valence-electron chi connectivity index (χ3n) is 3.99. The van der Waals surface area contributed by atoms with E-state index in [1.54, 1.807) is 0 Å². The molecule has 1 aliphatic heterocycles. The van der Waals surface area contributed by atoms with Crippen molar-refractivity contribution in [3.05, 3.63) is 82.3 Å². The fraction of sp³-hybridized carbons (Fsp3) is 0.250. The molecule has 1 aliphatic rings. The number of hydrogen-bond donors (Lipinski definition) is 0. The largest absolute Gasteiger partial charge is 0.376 e. The number of rotatable bonds is 6. The normalized spacial score (nSPS) is 17.7. The Morgan fingerprint density at radius 2 is 1.62 bits per heavy atom. The Labute approximate surface area is 151 Å². The van der Waals surface area contributed by atoms with Gasteiger partial charge in [-0.05, 0) is 27.1 Å². The summed E-state index contributed by atoms with van der Waals surface area (Å²) in [5.41, 5.74) is 2.30. The van der Waals surface area contributed by atoms with Crippen molar-refractivity contribution in [3.8, 4) is 0 Å². The van der Waals surface area contributed by atoms with Gasteiger partial charge in [-0.15, -0.1) is 0 Å². The van der Waals surface area contributed by atoms with Crippen molar-refractivity contribution in [1.82, 2.24) is 4.90 Å². The van der Waals surface area contributed by atoms with Crippen LogP contribution in [0, 0.1) is 5.92 Å². The summed E-state index contributed by atoms with van der Waals surface area (Å²) >= 11 is 3.40. The smallest absolute Gasteiger partial charge is 0.260 e. The summed E-state index contributed by atoms with van der Waals surface area (Å²) in [5, 5.41) is 0. The second-order valence-corrected chi connectivity index (χ2v) is 6.80. The van der Waals surface area contributed by atoms with Gasteiger partial charge in [0.1, 0.15) is 0 Å². The molecule has 0 saturated heterocycles. The van der Waals surface area contributed by atoms with Gasteiger partial charge >= 0.3 is 0 Å². The van der Waals surface area contributed by atoms with Gasteiger partial charge in [-0.1, -0.05) is 66.7 Å². The average molecular weight is 386 g/mol. The van der Waals surface area contributed by atoms with Crippen LogP contribution in [0.5, 0.6) is 0 Å². The molecule has 0 saturated carbocycles. The fourth-order valence-electron chi connectivity index (χ4n) is 2.79. The molecule has 1 atom stereocenters. The zero-order chi connectivity index (χ0) is 16.8. The Balaban J connectivity index is 1.57. The Kier molecular flexibility index (Phi) is 5.83. The maximum Gasteiger partial charge on any atom is 0.260 e. The highest BCUT2D eigenvalue weighted by Crippen LogP contribution is 2.23. The number of carbonyl (C=O) groups excluding carboxylic acids is 1. The van der Waals surface area contributed by atoms with Gasteiger partial charge < -0.3 is 9.64 Å². The lowest BCUT2D eigenvalue weighted by molar-refractivity contribution is -0.128. The van der Waals surface area contributed by atoms with Crippen LogP contribution in [0.4, 0.5) is 0 Å². The van der Waals surface area contributed by atoms with E-state index in [2.05, 4.69) is 28.1 Å². The lowest BCUT2D eigenvalue weighted by atomic mass is 10.0. The van der Waals surface area contributed by atoms with E-state index in [9.17, 15) is 4.79 Å². The predicted octanol–water partition coefficient (Wildman–Crippen LogP) is 4.14. The van der Waals surface area contributed by atoms with Crippen LogP contribution in [0.3, 0.4) is 0 Å². The zero-order valence-corrected chi connectivity index (χ0v) is 15.0. The second kappa shape index (κ2) is 8.27. The van der Waals surface area contributed by atoms with Gasteiger partial charge in [-0.25, -0.2) is 0 Å². The molecule has 0 bridgehead atoms. The van der Waals surface area contributed by atoms with Gasteiger partial charge in [0.15, 0.2) is 0 Å². The van der Waals surface area contributed by atoms with Crippen LogP contribution in [-0.2, 0) is 22.7 Å². The molecule has 24 heavy (non-hydrogen) atoms. The highest BCUT2D eigenvalue weighted by atomic mass is 79.9. The van der Waals surface area contributed by atoms with Crippen LogP contribution in [-0.4, -0.2) is 24.0 Å². The Morgan fingerprint density at radius 3 is 2.29 bits per heavy atom. The zero-order valence-electron chi connectivity index (χ0n) is 13.4. The number of carbonyl (C=O) groups is 1. The molecule has 0 N–H and O–H groups in total. The van der Waals surface area contributed by atoms with Gasteiger partial charge in [0, 0.05) is 19.0 Å². The Morgan fingerprint density at radius 1 is 1.00 bits per heavy atom. The summed E-state index contributed by atoms with van der Waals surface area (Å²) in [6.45, 7) is 2.49. The minimum absolute atomic E-state index is 0.0400. The molecule has 2 aromatic carbocycles. The number of benzene rings is 2. The third kappa shape index (κ3) is 4.56. The molecule has 0 radical (unpaired) electrons. The van der Waals surface area contributed by atoms with Gasteiger partial charge in [0.25, 0.3) is 5.91 Å². The molecule has 0 aliphatic carbocycles. The highest BCUT2D eigenvalue weighted by molar-refractivity contribution is 9.12. The van der Waals surface area contributed by atoms with E-state index in [-0.39, 0.29) is 11.8 Å². The molecule has 1 heterocycles. The molecule has 3 nitrogen and oxygen atoms in total. The first-order chi connectivity index (χ1) is 11.7. The maximum atomic E-state index is 12.3. The second-order valence-electron chi connectivity index (χ2n) is 5.95. The predicted molar refractivity (Wildman–Crippen MR) is 98.5 cm³/mol. The van der Waals surface area contributed by atoms with E-state index >= 15 is 0 Å². The quantitative estimate of drug-likeness (QED) is 0.747. The van der Waals surface area contributed by atoms with Gasteiger partial charge in [-0.3, -0.25) is 4.79 Å². The van der Waals surface area contributed by atoms with Crippen LogP contribution in [0.15, 0.2) is 71.2 Å². The number of nitrogens with zero attached hydrogens (tertiary/aromatic N) is 1. The molecule has 0 spiro atoms. The highest BCUT2D eigenvalue weighted by Gasteiger charge is 2.26. The average Bonchev–Trinajstić information content (AvgIpc) is 2.61. The van der Waals surface area contributed by atoms with Crippen molar-refractivity contribution < 1.29 is 9.53 Å². The summed E-state index contributed by atoms with van der Waals surface area (Å²) in [6, 6.07) is 20.2. The molecular weight excluding hydrogens is 366 g/mol. The SMILES string of the molecule is O=C1C(Br)=C[C@H](COCc2ccccc2)CN1Cc1ccccc1. The lowest BCUT2D eigenvalue weighted by Crippen LogP contribution is -2.39. The maximum absolute atomic E-state index is 12.3. The molecule has 0 unspecified atom stereocenters. The minimum Gasteiger partial charge on any atom is -0.376 e. The monoisotopic (exact) mass is 385 g/mol. The topological polar surface area (TPSA) is 29.5 Å². The van der Waals surface area contributed by atoms with Crippen LogP contribution in [0.1, 0.15) is 11.1 Å². The number of ether oxygens (including phenoxy) is 1. The number of amides is 1. The third-order valence-corrected chi connectivity index (χ3v) is 4.59. The summed E-state index contributed by atoms with van der Waals surface area (Å²) < 4.78 is 6.46. The summed E-state index contributed by atoms with van der Waals surface area (Å²) in [6.07, 6.45) is 1.97. The number of halogens is 1. The summed E-state index contributed by atoms with van der Waals surface area (Å²) in [7, 11) is 0. The molecule has 4 heteroatoms. The van der Waals surface area contributed by atoms with E-state index in [1.807, 2.05) is 59.5 Å². The first kappa shape index (κ1) is 16.9. The van der Waals surface area contributed by atoms with E-state index in [0.717, 1.165) is 11.1 Å². The van der Waals surface area contributed by atoms with Gasteiger partial charge in [0.05, 0.1) is 17.7 Å². The van der Waals surface area contributed by atoms with Crippen LogP contribution in [0.25, 0.3) is 0 Å². The van der Waals surface area contributed by atoms with Crippen LogP contribution >= 0.6 is 15.9 Å². The molecule has 3 rings (SSSR count). The van der Waals surface area contributed by atoms with E-state index in [4.69, 9.17) is 4.74 Å². The lowest BCUT2D eigenvalue weighted by Gasteiger charge is -2.30. The van der Waals surface area contributed by atoms with Crippen molar-refractivity contribution in [2.24, 2.45) is 5.92 Å². The standard InChI is InChI=1S/C20H20BrNO2/c21-19-11-18(15-24-14-17-9-5-2-6-10-17)13-22(20(19)23)12-16-7-3-1-4-8-16/h1-11,18H,12-15H2/t18-/m0/s1. The van der Waals surface area contributed by atoms with Gasteiger partial charge in [-0.2, -0.15) is 0 Å². The number of hydrogen-bond acceptors (Lipinski definition) is 2. The molecule has 1 amide bonds. The molecule has 2 aromatic rings. The van der Waals surface area contributed by atoms with Crippen LogP contribution in [0.2, 0.25) is 0 Å². The van der Waals surface area contributed by atoms with Gasteiger partial charge in [0.2, 0.25) is 0 Å². The van der Waals surface area contributed by atoms with Crippen molar-refractivity contribution in [1.29, 1.82) is 0 Å². The molecule has 0 fully saturated rings. The van der Waals surface area contributed by atoms with Crippen molar-refractivity contribution in [2.75, 3.05) is 13.2 Å².